The van der Waals surface area contributed by atoms with Gasteiger partial charge in [0.15, 0.2) is 0 Å². The number of amides is 1. The number of fused-ring (bicyclic) bond motifs is 1. The molecule has 1 amide bonds. The largest absolute Gasteiger partial charge is 0.331 e. The van der Waals surface area contributed by atoms with Gasteiger partial charge in [-0.05, 0) is 65.9 Å². The van der Waals surface area contributed by atoms with Gasteiger partial charge in [-0.25, -0.2) is 4.98 Å². The molecule has 0 aliphatic carbocycles. The number of benzene rings is 2. The average molecular weight is 433 g/mol. The van der Waals surface area contributed by atoms with Crippen molar-refractivity contribution in [2.75, 3.05) is 6.54 Å². The van der Waals surface area contributed by atoms with Gasteiger partial charge in [-0.3, -0.25) is 9.59 Å². The van der Waals surface area contributed by atoms with Gasteiger partial charge in [0.2, 0.25) is 0 Å². The molecule has 0 spiro atoms. The molecule has 0 saturated heterocycles. The van der Waals surface area contributed by atoms with E-state index < -0.39 is 0 Å². The first-order chi connectivity index (χ1) is 11.6. The zero-order valence-corrected chi connectivity index (χ0v) is 15.3. The van der Waals surface area contributed by atoms with E-state index in [9.17, 15) is 9.59 Å². The Kier molecular flexibility index (Phi) is 4.94. The van der Waals surface area contributed by atoms with Crippen LogP contribution < -0.4 is 5.56 Å². The zero-order valence-electron chi connectivity index (χ0n) is 13.1. The van der Waals surface area contributed by atoms with Crippen LogP contribution in [0.2, 0.25) is 0 Å². The summed E-state index contributed by atoms with van der Waals surface area (Å²) in [4.78, 5) is 33.7. The van der Waals surface area contributed by atoms with Gasteiger partial charge >= 0.3 is 0 Å². The minimum absolute atomic E-state index is 0.0790. The molecule has 5 nitrogen and oxygen atoms in total. The van der Waals surface area contributed by atoms with E-state index in [1.165, 1.54) is 0 Å². The van der Waals surface area contributed by atoms with Gasteiger partial charge in [-0.1, -0.05) is 12.1 Å². The van der Waals surface area contributed by atoms with Gasteiger partial charge in [0, 0.05) is 15.7 Å². The van der Waals surface area contributed by atoms with Crippen LogP contribution in [0.4, 0.5) is 0 Å². The Morgan fingerprint density at radius 2 is 1.88 bits per heavy atom. The maximum absolute atomic E-state index is 12.6. The molecule has 0 aliphatic rings. The van der Waals surface area contributed by atoms with E-state index in [2.05, 4.69) is 32.6 Å². The Morgan fingerprint density at radius 3 is 2.58 bits per heavy atom. The van der Waals surface area contributed by atoms with Gasteiger partial charge in [0.25, 0.3) is 11.5 Å². The highest BCUT2D eigenvalue weighted by Gasteiger charge is 2.16. The SMILES string of the molecule is CCN(Cc1nc2ccccc2c(=O)[nH]1)C(=O)c1ccc(I)cc1. The first-order valence-corrected chi connectivity index (χ1v) is 8.69. The van der Waals surface area contributed by atoms with E-state index in [4.69, 9.17) is 0 Å². The van der Waals surface area contributed by atoms with E-state index >= 15 is 0 Å². The first kappa shape index (κ1) is 16.6. The molecule has 0 bridgehead atoms. The molecule has 3 aromatic rings. The topological polar surface area (TPSA) is 66.1 Å². The third-order valence-electron chi connectivity index (χ3n) is 3.76. The van der Waals surface area contributed by atoms with Crippen molar-refractivity contribution < 1.29 is 4.79 Å². The van der Waals surface area contributed by atoms with E-state index in [-0.39, 0.29) is 18.0 Å². The lowest BCUT2D eigenvalue weighted by atomic mass is 10.2. The number of para-hydroxylation sites is 1. The third kappa shape index (κ3) is 3.48. The quantitative estimate of drug-likeness (QED) is 0.643. The van der Waals surface area contributed by atoms with Gasteiger partial charge < -0.3 is 9.88 Å². The molecule has 24 heavy (non-hydrogen) atoms. The summed E-state index contributed by atoms with van der Waals surface area (Å²) in [6.45, 7) is 2.70. The molecule has 0 aliphatic heterocycles. The highest BCUT2D eigenvalue weighted by atomic mass is 127. The van der Waals surface area contributed by atoms with Gasteiger partial charge in [-0.15, -0.1) is 0 Å². The van der Waals surface area contributed by atoms with Crippen LogP contribution in [-0.2, 0) is 6.54 Å². The minimum Gasteiger partial charge on any atom is -0.331 e. The molecule has 0 fully saturated rings. The summed E-state index contributed by atoms with van der Waals surface area (Å²) in [5.74, 6) is 0.407. The number of aromatic amines is 1. The lowest BCUT2D eigenvalue weighted by Crippen LogP contribution is -2.32. The second-order valence-corrected chi connectivity index (χ2v) is 6.60. The summed E-state index contributed by atoms with van der Waals surface area (Å²) in [5.41, 5.74) is 1.07. The molecule has 2 aromatic carbocycles. The van der Waals surface area contributed by atoms with Crippen molar-refractivity contribution in [2.45, 2.75) is 13.5 Å². The molecule has 0 unspecified atom stereocenters. The van der Waals surface area contributed by atoms with E-state index in [0.29, 0.717) is 28.8 Å². The van der Waals surface area contributed by atoms with Crippen LogP contribution in [0.25, 0.3) is 10.9 Å². The molecular formula is C18H16IN3O2. The number of halogens is 1. The number of nitrogens with zero attached hydrogens (tertiary/aromatic N) is 2. The number of H-pyrrole nitrogens is 1. The van der Waals surface area contributed by atoms with Crippen molar-refractivity contribution in [2.24, 2.45) is 0 Å². The van der Waals surface area contributed by atoms with Crippen LogP contribution in [0.15, 0.2) is 53.3 Å². The molecule has 0 radical (unpaired) electrons. The summed E-state index contributed by atoms with van der Waals surface area (Å²) in [5, 5.41) is 0.549. The normalized spacial score (nSPS) is 10.8. The van der Waals surface area contributed by atoms with Crippen LogP contribution in [0.3, 0.4) is 0 Å². The second kappa shape index (κ2) is 7.12. The summed E-state index contributed by atoms with van der Waals surface area (Å²) >= 11 is 2.20. The lowest BCUT2D eigenvalue weighted by molar-refractivity contribution is 0.0748. The molecule has 122 valence electrons. The number of carbonyl (C=O) groups is 1. The van der Waals surface area contributed by atoms with Crippen LogP contribution in [-0.4, -0.2) is 27.3 Å². The third-order valence-corrected chi connectivity index (χ3v) is 4.48. The van der Waals surface area contributed by atoms with Crippen LogP contribution >= 0.6 is 22.6 Å². The monoisotopic (exact) mass is 433 g/mol. The Hall–Kier alpha value is -2.22. The minimum atomic E-state index is -0.187. The van der Waals surface area contributed by atoms with Gasteiger partial charge in [0.05, 0.1) is 17.4 Å². The number of nitrogens with one attached hydrogen (secondary N) is 1. The maximum Gasteiger partial charge on any atom is 0.258 e. The highest BCUT2D eigenvalue weighted by molar-refractivity contribution is 14.1. The van der Waals surface area contributed by atoms with E-state index in [0.717, 1.165) is 3.57 Å². The first-order valence-electron chi connectivity index (χ1n) is 7.61. The Balaban J connectivity index is 1.89. The van der Waals surface area contributed by atoms with Crippen LogP contribution in [0.5, 0.6) is 0 Å². The summed E-state index contributed by atoms with van der Waals surface area (Å²) in [7, 11) is 0. The van der Waals surface area contributed by atoms with Crippen molar-refractivity contribution in [3.63, 3.8) is 0 Å². The number of aromatic nitrogens is 2. The highest BCUT2D eigenvalue weighted by Crippen LogP contribution is 2.12. The fourth-order valence-electron chi connectivity index (χ4n) is 2.49. The van der Waals surface area contributed by atoms with Crippen molar-refractivity contribution >= 4 is 39.4 Å². The molecule has 1 heterocycles. The van der Waals surface area contributed by atoms with Crippen molar-refractivity contribution in [3.05, 3.63) is 73.8 Å². The Morgan fingerprint density at radius 1 is 1.17 bits per heavy atom. The standard InChI is InChI=1S/C18H16IN3O2/c1-2-22(18(24)12-7-9-13(19)10-8-12)11-16-20-15-6-4-3-5-14(15)17(23)21-16/h3-10H,2,11H2,1H3,(H,20,21,23). The number of hydrogen-bond acceptors (Lipinski definition) is 3. The average Bonchev–Trinajstić information content (AvgIpc) is 2.60. The maximum atomic E-state index is 12.6. The summed E-state index contributed by atoms with van der Waals surface area (Å²) < 4.78 is 1.08. The zero-order chi connectivity index (χ0) is 17.1. The fraction of sp³-hybridized carbons (Fsp3) is 0.167. The predicted molar refractivity (Wildman–Crippen MR) is 102 cm³/mol. The van der Waals surface area contributed by atoms with Gasteiger partial charge in [-0.2, -0.15) is 0 Å². The Bertz CT molecular complexity index is 935. The Labute approximate surface area is 152 Å². The lowest BCUT2D eigenvalue weighted by Gasteiger charge is -2.20. The second-order valence-electron chi connectivity index (χ2n) is 5.36. The molecule has 6 heteroatoms. The van der Waals surface area contributed by atoms with Crippen molar-refractivity contribution in [3.8, 4) is 0 Å². The molecule has 1 aromatic heterocycles. The summed E-state index contributed by atoms with van der Waals surface area (Å²) in [6.07, 6.45) is 0. The van der Waals surface area contributed by atoms with Crippen molar-refractivity contribution in [1.82, 2.24) is 14.9 Å². The summed E-state index contributed by atoms with van der Waals surface area (Å²) in [6, 6.07) is 14.6. The molecule has 0 saturated carbocycles. The van der Waals surface area contributed by atoms with Crippen LogP contribution in [0, 0.1) is 3.57 Å². The number of rotatable bonds is 4. The molecule has 0 atom stereocenters. The van der Waals surface area contributed by atoms with E-state index in [1.807, 2.05) is 37.3 Å². The number of hydrogen-bond donors (Lipinski definition) is 1. The molecular weight excluding hydrogens is 417 g/mol. The molecule has 1 N–H and O–H groups in total. The fourth-order valence-corrected chi connectivity index (χ4v) is 2.85. The smallest absolute Gasteiger partial charge is 0.258 e. The number of carbonyl (C=O) groups excluding carboxylic acids is 1. The van der Waals surface area contributed by atoms with Gasteiger partial charge in [0.1, 0.15) is 5.82 Å². The van der Waals surface area contributed by atoms with Crippen LogP contribution in [0.1, 0.15) is 23.1 Å². The van der Waals surface area contributed by atoms with E-state index in [1.54, 1.807) is 23.1 Å². The molecule has 3 rings (SSSR count). The van der Waals surface area contributed by atoms with Crippen molar-refractivity contribution in [1.29, 1.82) is 0 Å². The predicted octanol–water partition coefficient (Wildman–Crippen LogP) is 3.19.